The van der Waals surface area contributed by atoms with Gasteiger partial charge in [0.25, 0.3) is 0 Å². The maximum absolute atomic E-state index is 9.49. The van der Waals surface area contributed by atoms with Gasteiger partial charge in [-0.15, -0.1) is 0 Å². The minimum atomic E-state index is 0.100. The second-order valence-corrected chi connectivity index (χ2v) is 5.12. The van der Waals surface area contributed by atoms with Crippen LogP contribution in [0.15, 0.2) is 54.6 Å². The molecular weight excluding hydrogens is 246 g/mol. The average molecular weight is 269 g/mol. The van der Waals surface area contributed by atoms with Gasteiger partial charge < -0.3 is 10.4 Å². The number of aliphatic hydroxyl groups is 1. The highest BCUT2D eigenvalue weighted by atomic mass is 16.3. The van der Waals surface area contributed by atoms with Gasteiger partial charge in [-0.1, -0.05) is 61.5 Å². The number of aryl methyl sites for hydroxylation is 1. The summed E-state index contributed by atoms with van der Waals surface area (Å²) in [5.41, 5.74) is 3.87. The Morgan fingerprint density at radius 3 is 2.15 bits per heavy atom. The third-order valence-corrected chi connectivity index (χ3v) is 3.57. The van der Waals surface area contributed by atoms with E-state index >= 15 is 0 Å². The van der Waals surface area contributed by atoms with Crippen LogP contribution in [0.3, 0.4) is 0 Å². The Kier molecular flexibility index (Phi) is 5.78. The highest BCUT2D eigenvalue weighted by molar-refractivity contribution is 5.22. The van der Waals surface area contributed by atoms with Crippen molar-refractivity contribution in [1.29, 1.82) is 0 Å². The molecule has 0 spiro atoms. The van der Waals surface area contributed by atoms with E-state index in [1.165, 1.54) is 16.7 Å². The summed E-state index contributed by atoms with van der Waals surface area (Å²) in [6.07, 6.45) is 1.92. The zero-order chi connectivity index (χ0) is 14.2. The lowest BCUT2D eigenvalue weighted by Gasteiger charge is -2.16. The highest BCUT2D eigenvalue weighted by Gasteiger charge is 2.07. The zero-order valence-corrected chi connectivity index (χ0v) is 12.0. The molecule has 2 aromatic rings. The summed E-state index contributed by atoms with van der Waals surface area (Å²) in [6.45, 7) is 3.11. The van der Waals surface area contributed by atoms with E-state index in [-0.39, 0.29) is 12.6 Å². The summed E-state index contributed by atoms with van der Waals surface area (Å²) in [6, 6.07) is 19.0. The summed E-state index contributed by atoms with van der Waals surface area (Å²) in [5.74, 6) is 0. The van der Waals surface area contributed by atoms with Crippen molar-refractivity contribution in [3.05, 3.63) is 71.3 Å². The molecule has 2 aromatic carbocycles. The molecule has 0 fully saturated rings. The molecule has 0 heterocycles. The van der Waals surface area contributed by atoms with Gasteiger partial charge in [-0.2, -0.15) is 0 Å². The van der Waals surface area contributed by atoms with E-state index in [1.54, 1.807) is 0 Å². The standard InChI is InChI=1S/C18H23NO/c1-2-15-8-10-17(11-9-15)13-19-18(14-20)12-16-6-4-3-5-7-16/h3-11,18-20H,2,12-14H2,1H3. The van der Waals surface area contributed by atoms with Crippen LogP contribution < -0.4 is 5.32 Å². The van der Waals surface area contributed by atoms with Crippen LogP contribution in [0.4, 0.5) is 0 Å². The molecule has 2 rings (SSSR count). The average Bonchev–Trinajstić information content (AvgIpc) is 2.53. The van der Waals surface area contributed by atoms with E-state index in [1.807, 2.05) is 18.2 Å². The van der Waals surface area contributed by atoms with Crippen LogP contribution in [-0.4, -0.2) is 17.8 Å². The maximum atomic E-state index is 9.49. The number of hydrogen-bond donors (Lipinski definition) is 2. The van der Waals surface area contributed by atoms with Crippen LogP contribution in [-0.2, 0) is 19.4 Å². The number of benzene rings is 2. The van der Waals surface area contributed by atoms with Crippen molar-refractivity contribution in [3.8, 4) is 0 Å². The Labute approximate surface area is 121 Å². The van der Waals surface area contributed by atoms with Gasteiger partial charge in [0.1, 0.15) is 0 Å². The van der Waals surface area contributed by atoms with Crippen LogP contribution >= 0.6 is 0 Å². The molecule has 0 aliphatic heterocycles. The maximum Gasteiger partial charge on any atom is 0.0587 e. The first-order valence-corrected chi connectivity index (χ1v) is 7.27. The quantitative estimate of drug-likeness (QED) is 0.810. The molecule has 0 aliphatic carbocycles. The summed E-state index contributed by atoms with van der Waals surface area (Å²) in [7, 11) is 0. The molecule has 0 amide bonds. The first-order valence-electron chi connectivity index (χ1n) is 7.27. The third kappa shape index (κ3) is 4.48. The van der Waals surface area contributed by atoms with Crippen LogP contribution in [0.5, 0.6) is 0 Å². The van der Waals surface area contributed by atoms with Crippen molar-refractivity contribution in [3.63, 3.8) is 0 Å². The van der Waals surface area contributed by atoms with Crippen molar-refractivity contribution in [2.75, 3.05) is 6.61 Å². The second kappa shape index (κ2) is 7.83. The monoisotopic (exact) mass is 269 g/mol. The van der Waals surface area contributed by atoms with Crippen LogP contribution in [0.2, 0.25) is 0 Å². The molecule has 2 heteroatoms. The number of rotatable bonds is 7. The summed E-state index contributed by atoms with van der Waals surface area (Å²) < 4.78 is 0. The molecule has 1 unspecified atom stereocenters. The largest absolute Gasteiger partial charge is 0.395 e. The summed E-state index contributed by atoms with van der Waals surface area (Å²) in [4.78, 5) is 0. The van der Waals surface area contributed by atoms with Crippen molar-refractivity contribution in [2.45, 2.75) is 32.4 Å². The normalized spacial score (nSPS) is 12.3. The Bertz CT molecular complexity index is 493. The smallest absolute Gasteiger partial charge is 0.0587 e. The fourth-order valence-electron chi connectivity index (χ4n) is 2.25. The molecule has 106 valence electrons. The van der Waals surface area contributed by atoms with Gasteiger partial charge in [-0.3, -0.25) is 0 Å². The molecule has 0 saturated heterocycles. The van der Waals surface area contributed by atoms with Crippen molar-refractivity contribution in [2.24, 2.45) is 0 Å². The van der Waals surface area contributed by atoms with E-state index in [9.17, 15) is 5.11 Å². The van der Waals surface area contributed by atoms with Crippen molar-refractivity contribution >= 4 is 0 Å². The lowest BCUT2D eigenvalue weighted by atomic mass is 10.1. The number of aliphatic hydroxyl groups excluding tert-OH is 1. The first kappa shape index (κ1) is 14.8. The lowest BCUT2D eigenvalue weighted by Crippen LogP contribution is -2.34. The van der Waals surface area contributed by atoms with E-state index in [2.05, 4.69) is 48.6 Å². The Hall–Kier alpha value is -1.64. The molecule has 20 heavy (non-hydrogen) atoms. The van der Waals surface area contributed by atoms with Gasteiger partial charge in [0.05, 0.1) is 6.61 Å². The molecule has 0 bridgehead atoms. The summed E-state index contributed by atoms with van der Waals surface area (Å²) >= 11 is 0. The van der Waals surface area contributed by atoms with Crippen LogP contribution in [0.1, 0.15) is 23.6 Å². The van der Waals surface area contributed by atoms with Crippen LogP contribution in [0.25, 0.3) is 0 Å². The molecule has 2 nitrogen and oxygen atoms in total. The molecule has 0 radical (unpaired) electrons. The number of nitrogens with one attached hydrogen (secondary N) is 1. The van der Waals surface area contributed by atoms with Gasteiger partial charge in [-0.25, -0.2) is 0 Å². The lowest BCUT2D eigenvalue weighted by molar-refractivity contribution is 0.241. The van der Waals surface area contributed by atoms with E-state index in [0.717, 1.165) is 19.4 Å². The van der Waals surface area contributed by atoms with Gasteiger partial charge in [-0.05, 0) is 29.5 Å². The van der Waals surface area contributed by atoms with E-state index in [4.69, 9.17) is 0 Å². The molecule has 0 aliphatic rings. The zero-order valence-electron chi connectivity index (χ0n) is 12.0. The fraction of sp³-hybridized carbons (Fsp3) is 0.333. The SMILES string of the molecule is CCc1ccc(CNC(CO)Cc2ccccc2)cc1. The van der Waals surface area contributed by atoms with Gasteiger partial charge in [0, 0.05) is 12.6 Å². The van der Waals surface area contributed by atoms with Gasteiger partial charge in [0.2, 0.25) is 0 Å². The molecular formula is C18H23NO. The minimum Gasteiger partial charge on any atom is -0.395 e. The van der Waals surface area contributed by atoms with E-state index < -0.39 is 0 Å². The van der Waals surface area contributed by atoms with Crippen LogP contribution in [0, 0.1) is 0 Å². The molecule has 2 N–H and O–H groups in total. The minimum absolute atomic E-state index is 0.100. The van der Waals surface area contributed by atoms with Crippen molar-refractivity contribution in [1.82, 2.24) is 5.32 Å². The predicted molar refractivity (Wildman–Crippen MR) is 83.7 cm³/mol. The molecule has 0 saturated carbocycles. The van der Waals surface area contributed by atoms with E-state index in [0.29, 0.717) is 0 Å². The van der Waals surface area contributed by atoms with Crippen molar-refractivity contribution < 1.29 is 5.11 Å². The highest BCUT2D eigenvalue weighted by Crippen LogP contribution is 2.07. The molecule has 0 aromatic heterocycles. The first-order chi connectivity index (χ1) is 9.81. The molecule has 1 atom stereocenters. The fourth-order valence-corrected chi connectivity index (χ4v) is 2.25. The Morgan fingerprint density at radius 2 is 1.55 bits per heavy atom. The number of hydrogen-bond acceptors (Lipinski definition) is 2. The second-order valence-electron chi connectivity index (χ2n) is 5.12. The third-order valence-electron chi connectivity index (χ3n) is 3.57. The Morgan fingerprint density at radius 1 is 0.900 bits per heavy atom. The predicted octanol–water partition coefficient (Wildman–Crippen LogP) is 2.94. The van der Waals surface area contributed by atoms with Gasteiger partial charge >= 0.3 is 0 Å². The summed E-state index contributed by atoms with van der Waals surface area (Å²) in [5, 5.41) is 12.9. The van der Waals surface area contributed by atoms with Gasteiger partial charge in [0.15, 0.2) is 0 Å². The Balaban J connectivity index is 1.86. The topological polar surface area (TPSA) is 32.3 Å².